The third-order valence-corrected chi connectivity index (χ3v) is 3.69. The van der Waals surface area contributed by atoms with Crippen LogP contribution in [0.5, 0.6) is 0 Å². The molecule has 18 heavy (non-hydrogen) atoms. The van der Waals surface area contributed by atoms with Crippen LogP contribution in [0.1, 0.15) is 31.2 Å². The molecule has 1 aromatic carbocycles. The number of benzene rings is 1. The maximum atomic E-state index is 9.50. The van der Waals surface area contributed by atoms with Crippen molar-refractivity contribution in [3.8, 4) is 6.07 Å². The first kappa shape index (κ1) is 12.9. The summed E-state index contributed by atoms with van der Waals surface area (Å²) < 4.78 is 5.41. The molecule has 0 saturated heterocycles. The molecule has 1 aliphatic rings. The summed E-state index contributed by atoms with van der Waals surface area (Å²) >= 11 is 0. The second kappa shape index (κ2) is 5.41. The first-order valence-electron chi connectivity index (χ1n) is 6.46. The average molecular weight is 244 g/mol. The van der Waals surface area contributed by atoms with E-state index in [4.69, 9.17) is 4.74 Å². The molecular weight excluding hydrogens is 224 g/mol. The Bertz CT molecular complexity index is 435. The summed E-state index contributed by atoms with van der Waals surface area (Å²) in [5, 5.41) is 12.9. The van der Waals surface area contributed by atoms with Crippen molar-refractivity contribution < 1.29 is 4.74 Å². The Kier molecular flexibility index (Phi) is 3.88. The Labute approximate surface area is 109 Å². The van der Waals surface area contributed by atoms with Gasteiger partial charge in [-0.1, -0.05) is 17.7 Å². The van der Waals surface area contributed by atoms with E-state index in [9.17, 15) is 5.26 Å². The van der Waals surface area contributed by atoms with Gasteiger partial charge in [0.25, 0.3) is 0 Å². The number of methoxy groups -OCH3 is 1. The Hall–Kier alpha value is -1.53. The van der Waals surface area contributed by atoms with Crippen LogP contribution >= 0.6 is 0 Å². The van der Waals surface area contributed by atoms with Crippen LogP contribution in [0.15, 0.2) is 24.3 Å². The highest BCUT2D eigenvalue weighted by molar-refractivity contribution is 5.49. The summed E-state index contributed by atoms with van der Waals surface area (Å²) in [6.45, 7) is 2.06. The summed E-state index contributed by atoms with van der Waals surface area (Å²) in [7, 11) is 1.73. The lowest BCUT2D eigenvalue weighted by molar-refractivity contribution is 0.0569. The van der Waals surface area contributed by atoms with Crippen molar-refractivity contribution in [3.63, 3.8) is 0 Å². The molecule has 0 radical (unpaired) electrons. The zero-order valence-electron chi connectivity index (χ0n) is 11.1. The first-order chi connectivity index (χ1) is 8.67. The number of rotatable bonds is 3. The highest BCUT2D eigenvalue weighted by Gasteiger charge is 2.36. The minimum absolute atomic E-state index is 0.191. The Morgan fingerprint density at radius 3 is 2.72 bits per heavy atom. The van der Waals surface area contributed by atoms with Gasteiger partial charge in [-0.2, -0.15) is 5.26 Å². The lowest BCUT2D eigenvalue weighted by Gasteiger charge is -2.36. The van der Waals surface area contributed by atoms with Crippen molar-refractivity contribution in [1.82, 2.24) is 0 Å². The van der Waals surface area contributed by atoms with E-state index in [2.05, 4.69) is 30.4 Å². The molecule has 1 aromatic rings. The van der Waals surface area contributed by atoms with Crippen LogP contribution in [0.25, 0.3) is 0 Å². The van der Waals surface area contributed by atoms with Crippen LogP contribution in [-0.2, 0) is 4.74 Å². The van der Waals surface area contributed by atoms with Crippen LogP contribution in [-0.4, -0.2) is 18.8 Å². The quantitative estimate of drug-likeness (QED) is 0.887. The highest BCUT2D eigenvalue weighted by atomic mass is 16.5. The lowest BCUT2D eigenvalue weighted by Crippen LogP contribution is -2.43. The standard InChI is InChI=1S/C15H20N2O/c1-12-5-7-13(8-6-12)17-15(11-16)9-3-4-14(10-15)18-2/h5-8,14,17H,3-4,9-10H2,1-2H3. The summed E-state index contributed by atoms with van der Waals surface area (Å²) in [5.41, 5.74) is 1.76. The number of nitrogens with zero attached hydrogens (tertiary/aromatic N) is 1. The number of hydrogen-bond donors (Lipinski definition) is 1. The van der Waals surface area contributed by atoms with Gasteiger partial charge in [-0.3, -0.25) is 0 Å². The summed E-state index contributed by atoms with van der Waals surface area (Å²) in [4.78, 5) is 0. The molecule has 2 unspecified atom stereocenters. The highest BCUT2D eigenvalue weighted by Crippen LogP contribution is 2.32. The van der Waals surface area contributed by atoms with E-state index in [1.54, 1.807) is 7.11 Å². The van der Waals surface area contributed by atoms with E-state index in [-0.39, 0.29) is 6.10 Å². The molecule has 0 amide bonds. The number of aryl methyl sites for hydroxylation is 1. The molecule has 1 aliphatic carbocycles. The van der Waals surface area contributed by atoms with Crippen LogP contribution in [0.2, 0.25) is 0 Å². The van der Waals surface area contributed by atoms with Crippen molar-refractivity contribution in [2.24, 2.45) is 0 Å². The molecule has 3 heteroatoms. The molecule has 1 N–H and O–H groups in total. The third kappa shape index (κ3) is 2.83. The van der Waals surface area contributed by atoms with Gasteiger partial charge in [0, 0.05) is 19.2 Å². The van der Waals surface area contributed by atoms with Gasteiger partial charge in [0.15, 0.2) is 0 Å². The topological polar surface area (TPSA) is 45.0 Å². The predicted octanol–water partition coefficient (Wildman–Crippen LogP) is 3.26. The SMILES string of the molecule is COC1CCCC(C#N)(Nc2ccc(C)cc2)C1. The normalized spacial score (nSPS) is 27.5. The summed E-state index contributed by atoms with van der Waals surface area (Å²) in [5.74, 6) is 0. The van der Waals surface area contributed by atoms with Crippen LogP contribution in [0.3, 0.4) is 0 Å². The number of ether oxygens (including phenoxy) is 1. The molecule has 1 saturated carbocycles. The summed E-state index contributed by atoms with van der Waals surface area (Å²) in [6, 6.07) is 10.6. The molecule has 0 aliphatic heterocycles. The van der Waals surface area contributed by atoms with Crippen molar-refractivity contribution in [1.29, 1.82) is 5.26 Å². The molecule has 0 heterocycles. The molecule has 1 fully saturated rings. The Balaban J connectivity index is 2.13. The number of hydrogen-bond acceptors (Lipinski definition) is 3. The van der Waals surface area contributed by atoms with Gasteiger partial charge < -0.3 is 10.1 Å². The summed E-state index contributed by atoms with van der Waals surface area (Å²) in [6.07, 6.45) is 3.92. The fourth-order valence-electron chi connectivity index (χ4n) is 2.58. The first-order valence-corrected chi connectivity index (χ1v) is 6.46. The molecule has 0 aromatic heterocycles. The van der Waals surface area contributed by atoms with E-state index >= 15 is 0 Å². The molecule has 0 bridgehead atoms. The van der Waals surface area contributed by atoms with Gasteiger partial charge >= 0.3 is 0 Å². The van der Waals surface area contributed by atoms with Gasteiger partial charge in [-0.05, 0) is 38.3 Å². The van der Waals surface area contributed by atoms with Gasteiger partial charge in [0.05, 0.1) is 12.2 Å². The predicted molar refractivity (Wildman–Crippen MR) is 72.4 cm³/mol. The molecule has 2 atom stereocenters. The van der Waals surface area contributed by atoms with E-state index in [0.717, 1.165) is 31.4 Å². The minimum Gasteiger partial charge on any atom is -0.381 e. The van der Waals surface area contributed by atoms with Gasteiger partial charge in [0.2, 0.25) is 0 Å². The molecular formula is C15H20N2O. The smallest absolute Gasteiger partial charge is 0.127 e. The largest absolute Gasteiger partial charge is 0.381 e. The zero-order chi connectivity index (χ0) is 13.0. The van der Waals surface area contributed by atoms with E-state index in [1.165, 1.54) is 5.56 Å². The average Bonchev–Trinajstić information content (AvgIpc) is 2.42. The van der Waals surface area contributed by atoms with Crippen molar-refractivity contribution in [3.05, 3.63) is 29.8 Å². The van der Waals surface area contributed by atoms with Crippen LogP contribution in [0, 0.1) is 18.3 Å². The van der Waals surface area contributed by atoms with Gasteiger partial charge in [0.1, 0.15) is 5.54 Å². The second-order valence-electron chi connectivity index (χ2n) is 5.14. The lowest BCUT2D eigenvalue weighted by atomic mass is 9.81. The van der Waals surface area contributed by atoms with E-state index in [0.29, 0.717) is 0 Å². The van der Waals surface area contributed by atoms with Crippen molar-refractivity contribution in [2.75, 3.05) is 12.4 Å². The molecule has 0 spiro atoms. The maximum absolute atomic E-state index is 9.50. The van der Waals surface area contributed by atoms with E-state index in [1.807, 2.05) is 12.1 Å². The molecule has 96 valence electrons. The number of anilines is 1. The minimum atomic E-state index is -0.478. The Morgan fingerprint density at radius 1 is 1.39 bits per heavy atom. The maximum Gasteiger partial charge on any atom is 0.127 e. The van der Waals surface area contributed by atoms with E-state index < -0.39 is 5.54 Å². The van der Waals surface area contributed by atoms with Crippen LogP contribution < -0.4 is 5.32 Å². The van der Waals surface area contributed by atoms with Gasteiger partial charge in [-0.15, -0.1) is 0 Å². The monoisotopic (exact) mass is 244 g/mol. The fraction of sp³-hybridized carbons (Fsp3) is 0.533. The number of nitriles is 1. The second-order valence-corrected chi connectivity index (χ2v) is 5.14. The fourth-order valence-corrected chi connectivity index (χ4v) is 2.58. The number of nitrogens with one attached hydrogen (secondary N) is 1. The molecule has 2 rings (SSSR count). The van der Waals surface area contributed by atoms with Crippen molar-refractivity contribution >= 4 is 5.69 Å². The molecule has 3 nitrogen and oxygen atoms in total. The Morgan fingerprint density at radius 2 is 2.11 bits per heavy atom. The van der Waals surface area contributed by atoms with Crippen molar-refractivity contribution in [2.45, 2.75) is 44.2 Å². The van der Waals surface area contributed by atoms with Crippen LogP contribution in [0.4, 0.5) is 5.69 Å². The third-order valence-electron chi connectivity index (χ3n) is 3.69. The van der Waals surface area contributed by atoms with Gasteiger partial charge in [-0.25, -0.2) is 0 Å². The zero-order valence-corrected chi connectivity index (χ0v) is 11.1.